The molecule has 21 heavy (non-hydrogen) atoms. The highest BCUT2D eigenvalue weighted by molar-refractivity contribution is 5.86. The molecule has 0 fully saturated rings. The Labute approximate surface area is 122 Å². The fraction of sp³-hybridized carbons (Fsp3) is 0.125. The number of hydrogen-bond acceptors (Lipinski definition) is 3. The number of amides is 1. The summed E-state index contributed by atoms with van der Waals surface area (Å²) in [4.78, 5) is 11.9. The van der Waals surface area contributed by atoms with Crippen LogP contribution in [-0.4, -0.2) is 15.7 Å². The van der Waals surface area contributed by atoms with Crippen LogP contribution in [0.25, 0.3) is 10.9 Å². The number of carbonyl (C=O) groups excluding carboxylic acids is 1. The monoisotopic (exact) mass is 280 g/mol. The maximum absolute atomic E-state index is 11.9. The first kappa shape index (κ1) is 13.3. The van der Waals surface area contributed by atoms with E-state index in [0.717, 1.165) is 10.9 Å². The summed E-state index contributed by atoms with van der Waals surface area (Å²) >= 11 is 0. The van der Waals surface area contributed by atoms with Gasteiger partial charge in [-0.2, -0.15) is 5.10 Å². The molecule has 5 nitrogen and oxygen atoms in total. The third kappa shape index (κ3) is 2.28. The zero-order valence-electron chi connectivity index (χ0n) is 11.4. The molecule has 0 radical (unpaired) electrons. The van der Waals surface area contributed by atoms with Crippen LogP contribution < -0.4 is 11.5 Å². The second-order valence-electron chi connectivity index (χ2n) is 5.06. The predicted octanol–water partition coefficient (Wildman–Crippen LogP) is 1.38. The number of hydrogen-bond donors (Lipinski definition) is 2. The van der Waals surface area contributed by atoms with Gasteiger partial charge in [0.25, 0.3) is 0 Å². The van der Waals surface area contributed by atoms with E-state index >= 15 is 0 Å². The second kappa shape index (κ2) is 5.03. The molecule has 106 valence electrons. The van der Waals surface area contributed by atoms with Crippen molar-refractivity contribution in [3.63, 3.8) is 0 Å². The molecule has 0 bridgehead atoms. The molecule has 1 heterocycles. The first-order chi connectivity index (χ1) is 10.1. The Morgan fingerprint density at radius 3 is 2.48 bits per heavy atom. The third-order valence-corrected chi connectivity index (χ3v) is 3.68. The highest BCUT2D eigenvalue weighted by Crippen LogP contribution is 2.22. The predicted molar refractivity (Wildman–Crippen MR) is 81.2 cm³/mol. The van der Waals surface area contributed by atoms with Gasteiger partial charge in [0.15, 0.2) is 0 Å². The average Bonchev–Trinajstić information content (AvgIpc) is 2.91. The van der Waals surface area contributed by atoms with E-state index in [0.29, 0.717) is 5.56 Å². The molecule has 0 aliphatic rings. The fourth-order valence-electron chi connectivity index (χ4n) is 2.44. The van der Waals surface area contributed by atoms with E-state index in [4.69, 9.17) is 11.5 Å². The molecule has 4 N–H and O–H groups in total. The molecule has 3 rings (SSSR count). The Morgan fingerprint density at radius 1 is 1.10 bits per heavy atom. The van der Waals surface area contributed by atoms with E-state index in [9.17, 15) is 4.79 Å². The van der Waals surface area contributed by atoms with Crippen LogP contribution in [0.15, 0.2) is 60.8 Å². The standard InChI is InChI=1S/C16H16N4O/c17-15(21)16(18,13-7-2-1-3-8-13)11-20-14-9-5-4-6-12(14)10-19-20/h1-10H,11,18H2,(H2,17,21). The highest BCUT2D eigenvalue weighted by atomic mass is 16.1. The smallest absolute Gasteiger partial charge is 0.244 e. The molecule has 0 spiro atoms. The minimum Gasteiger partial charge on any atom is -0.368 e. The van der Waals surface area contributed by atoms with Gasteiger partial charge in [-0.05, 0) is 11.6 Å². The lowest BCUT2D eigenvalue weighted by Crippen LogP contribution is -2.52. The Hall–Kier alpha value is -2.66. The largest absolute Gasteiger partial charge is 0.368 e. The number of aromatic nitrogens is 2. The van der Waals surface area contributed by atoms with E-state index < -0.39 is 11.4 Å². The minimum atomic E-state index is -1.30. The van der Waals surface area contributed by atoms with Gasteiger partial charge in [-0.3, -0.25) is 9.48 Å². The Balaban J connectivity index is 2.06. The molecule has 0 aliphatic carbocycles. The Kier molecular flexibility index (Phi) is 3.19. The van der Waals surface area contributed by atoms with Crippen molar-refractivity contribution in [2.75, 3.05) is 0 Å². The Bertz CT molecular complexity index is 781. The molecule has 1 unspecified atom stereocenters. The van der Waals surface area contributed by atoms with Gasteiger partial charge in [0.1, 0.15) is 5.54 Å². The normalized spacial score (nSPS) is 14.0. The van der Waals surface area contributed by atoms with Crippen LogP contribution in [-0.2, 0) is 16.9 Å². The van der Waals surface area contributed by atoms with Crippen molar-refractivity contribution >= 4 is 16.8 Å². The van der Waals surface area contributed by atoms with Crippen LogP contribution in [0.2, 0.25) is 0 Å². The van der Waals surface area contributed by atoms with Crippen LogP contribution in [0.1, 0.15) is 5.56 Å². The number of fused-ring (bicyclic) bond motifs is 1. The van der Waals surface area contributed by atoms with E-state index in [1.807, 2.05) is 42.5 Å². The lowest BCUT2D eigenvalue weighted by molar-refractivity contribution is -0.124. The maximum atomic E-state index is 11.9. The zero-order chi connectivity index (χ0) is 14.9. The van der Waals surface area contributed by atoms with Gasteiger partial charge in [0.2, 0.25) is 5.91 Å². The van der Waals surface area contributed by atoms with E-state index in [2.05, 4.69) is 5.10 Å². The second-order valence-corrected chi connectivity index (χ2v) is 5.06. The minimum absolute atomic E-state index is 0.194. The molecule has 0 saturated carbocycles. The fourth-order valence-corrected chi connectivity index (χ4v) is 2.44. The van der Waals surface area contributed by atoms with Crippen LogP contribution in [0, 0.1) is 0 Å². The van der Waals surface area contributed by atoms with E-state index in [1.54, 1.807) is 23.0 Å². The van der Waals surface area contributed by atoms with Gasteiger partial charge in [-0.25, -0.2) is 0 Å². The summed E-state index contributed by atoms with van der Waals surface area (Å²) in [6.45, 7) is 0.194. The van der Waals surface area contributed by atoms with Crippen molar-refractivity contribution in [3.05, 3.63) is 66.4 Å². The average molecular weight is 280 g/mol. The molecular weight excluding hydrogens is 264 g/mol. The molecule has 1 amide bonds. The van der Waals surface area contributed by atoms with Gasteiger partial charge >= 0.3 is 0 Å². The lowest BCUT2D eigenvalue weighted by Gasteiger charge is -2.26. The number of nitrogens with two attached hydrogens (primary N) is 2. The zero-order valence-corrected chi connectivity index (χ0v) is 11.4. The van der Waals surface area contributed by atoms with Crippen molar-refractivity contribution in [2.24, 2.45) is 11.5 Å². The number of rotatable bonds is 4. The maximum Gasteiger partial charge on any atom is 0.244 e. The molecule has 0 aliphatic heterocycles. The lowest BCUT2D eigenvalue weighted by atomic mass is 9.90. The number of nitrogens with zero attached hydrogens (tertiary/aromatic N) is 2. The van der Waals surface area contributed by atoms with Gasteiger partial charge in [-0.1, -0.05) is 48.5 Å². The van der Waals surface area contributed by atoms with E-state index in [1.165, 1.54) is 0 Å². The summed E-state index contributed by atoms with van der Waals surface area (Å²) in [5.74, 6) is -0.576. The van der Waals surface area contributed by atoms with Gasteiger partial charge in [0, 0.05) is 5.39 Å². The summed E-state index contributed by atoms with van der Waals surface area (Å²) in [5, 5.41) is 5.31. The Morgan fingerprint density at radius 2 is 1.76 bits per heavy atom. The number of primary amides is 1. The number of benzene rings is 2. The van der Waals surface area contributed by atoms with Crippen molar-refractivity contribution in [1.29, 1.82) is 0 Å². The van der Waals surface area contributed by atoms with Crippen molar-refractivity contribution < 1.29 is 4.79 Å². The first-order valence-corrected chi connectivity index (χ1v) is 6.66. The molecule has 1 atom stereocenters. The summed E-state index contributed by atoms with van der Waals surface area (Å²) < 4.78 is 1.72. The van der Waals surface area contributed by atoms with Crippen molar-refractivity contribution in [3.8, 4) is 0 Å². The van der Waals surface area contributed by atoms with Crippen LogP contribution in [0.5, 0.6) is 0 Å². The summed E-state index contributed by atoms with van der Waals surface area (Å²) in [7, 11) is 0. The molecule has 1 aromatic heterocycles. The summed E-state index contributed by atoms with van der Waals surface area (Å²) in [5.41, 5.74) is 12.2. The molecule has 0 saturated heterocycles. The molecule has 3 aromatic rings. The van der Waals surface area contributed by atoms with Crippen molar-refractivity contribution in [1.82, 2.24) is 9.78 Å². The van der Waals surface area contributed by atoms with Crippen LogP contribution >= 0.6 is 0 Å². The highest BCUT2D eigenvalue weighted by Gasteiger charge is 2.35. The number of para-hydroxylation sites is 1. The van der Waals surface area contributed by atoms with Crippen molar-refractivity contribution in [2.45, 2.75) is 12.1 Å². The van der Waals surface area contributed by atoms with Crippen LogP contribution in [0.4, 0.5) is 0 Å². The van der Waals surface area contributed by atoms with E-state index in [-0.39, 0.29) is 6.54 Å². The molecule has 2 aromatic carbocycles. The SMILES string of the molecule is NC(=O)C(N)(Cn1ncc2ccccc21)c1ccccc1. The summed E-state index contributed by atoms with van der Waals surface area (Å²) in [6, 6.07) is 16.9. The van der Waals surface area contributed by atoms with Gasteiger partial charge < -0.3 is 11.5 Å². The quantitative estimate of drug-likeness (QED) is 0.756. The summed E-state index contributed by atoms with van der Waals surface area (Å²) in [6.07, 6.45) is 1.75. The van der Waals surface area contributed by atoms with Gasteiger partial charge in [0.05, 0.1) is 18.3 Å². The number of carbonyl (C=O) groups is 1. The molecule has 5 heteroatoms. The topological polar surface area (TPSA) is 86.9 Å². The van der Waals surface area contributed by atoms with Crippen LogP contribution in [0.3, 0.4) is 0 Å². The van der Waals surface area contributed by atoms with Gasteiger partial charge in [-0.15, -0.1) is 0 Å². The molecular formula is C16H16N4O. The third-order valence-electron chi connectivity index (χ3n) is 3.68. The first-order valence-electron chi connectivity index (χ1n) is 6.66.